The lowest BCUT2D eigenvalue weighted by Crippen LogP contribution is -2.04. The lowest BCUT2D eigenvalue weighted by atomic mass is 10.2. The first kappa shape index (κ1) is 12.2. The average Bonchev–Trinajstić information content (AvgIpc) is 2.33. The summed E-state index contributed by atoms with van der Waals surface area (Å²) in [5.41, 5.74) is 0.765. The van der Waals surface area contributed by atoms with Crippen LogP contribution >= 0.6 is 15.9 Å². The van der Waals surface area contributed by atoms with E-state index in [1.54, 1.807) is 18.2 Å². The van der Waals surface area contributed by atoms with Crippen LogP contribution in [0, 0.1) is 12.1 Å². The molecule has 0 amide bonds. The van der Waals surface area contributed by atoms with E-state index in [4.69, 9.17) is 0 Å². The highest BCUT2D eigenvalue weighted by Gasteiger charge is 2.14. The van der Waals surface area contributed by atoms with Gasteiger partial charge in [-0.2, -0.15) is 0 Å². The monoisotopic (exact) mass is 308 g/mol. The highest BCUT2D eigenvalue weighted by Crippen LogP contribution is 2.17. The quantitative estimate of drug-likeness (QED) is 0.873. The lowest BCUT2D eigenvalue weighted by molar-refractivity contribution is 0.595. The normalized spacial score (nSPS) is 10.9. The molecule has 0 atom stereocenters. The van der Waals surface area contributed by atoms with Gasteiger partial charge in [-0.15, -0.1) is 0 Å². The van der Waals surface area contributed by atoms with Crippen LogP contribution < -0.4 is 0 Å². The summed E-state index contributed by atoms with van der Waals surface area (Å²) in [7, 11) is -3.29. The molecule has 2 aromatic carbocycles. The number of benzene rings is 1. The molecule has 2 aromatic rings. The molecular formula is C13H9BrO2S. The highest BCUT2D eigenvalue weighted by atomic mass is 79.9. The molecule has 0 saturated heterocycles. The Bertz CT molecular complexity index is 589. The predicted octanol–water partition coefficient (Wildman–Crippen LogP) is 3.02. The van der Waals surface area contributed by atoms with Gasteiger partial charge in [0.2, 0.25) is 0 Å². The molecule has 0 spiro atoms. The molecule has 4 heteroatoms. The third-order valence-corrected chi connectivity index (χ3v) is 4.47. The maximum absolute atomic E-state index is 12.0. The zero-order valence-electron chi connectivity index (χ0n) is 8.85. The second-order valence-corrected chi connectivity index (χ2v) is 6.46. The summed E-state index contributed by atoms with van der Waals surface area (Å²) in [4.78, 5) is 0.277. The molecule has 0 N–H and O–H groups in total. The van der Waals surface area contributed by atoms with Gasteiger partial charge in [0.15, 0.2) is 9.84 Å². The number of rotatable bonds is 3. The predicted molar refractivity (Wildman–Crippen MR) is 69.1 cm³/mol. The van der Waals surface area contributed by atoms with Crippen molar-refractivity contribution < 1.29 is 8.42 Å². The fourth-order valence-corrected chi connectivity index (χ4v) is 2.99. The Morgan fingerprint density at radius 1 is 1.06 bits per heavy atom. The first-order valence-electron chi connectivity index (χ1n) is 4.93. The van der Waals surface area contributed by atoms with Crippen LogP contribution in [0.4, 0.5) is 0 Å². The van der Waals surface area contributed by atoms with Crippen molar-refractivity contribution >= 4 is 25.8 Å². The summed E-state index contributed by atoms with van der Waals surface area (Å²) in [5, 5.41) is 0. The number of hydrogen-bond acceptors (Lipinski definition) is 2. The fourth-order valence-electron chi connectivity index (χ4n) is 1.41. The van der Waals surface area contributed by atoms with Gasteiger partial charge in [-0.1, -0.05) is 40.2 Å². The summed E-state index contributed by atoms with van der Waals surface area (Å²) in [5.74, 6) is -0.00185. The van der Waals surface area contributed by atoms with Gasteiger partial charge in [0.1, 0.15) is 0 Å². The molecule has 0 heterocycles. The molecule has 0 radical (unpaired) electrons. The minimum absolute atomic E-state index is 0.00185. The van der Waals surface area contributed by atoms with Crippen molar-refractivity contribution in [1.82, 2.24) is 0 Å². The van der Waals surface area contributed by atoms with Crippen LogP contribution in [0.2, 0.25) is 0 Å². The molecule has 0 unspecified atom stereocenters. The van der Waals surface area contributed by atoms with E-state index in [1.165, 1.54) is 12.1 Å². The van der Waals surface area contributed by atoms with Crippen LogP contribution in [0.1, 0.15) is 5.56 Å². The molecule has 86 valence electrons. The molecule has 0 aliphatic rings. The van der Waals surface area contributed by atoms with E-state index >= 15 is 0 Å². The second kappa shape index (κ2) is 4.91. The van der Waals surface area contributed by atoms with Gasteiger partial charge in [-0.3, -0.25) is 0 Å². The van der Waals surface area contributed by atoms with Crippen LogP contribution in [-0.2, 0) is 15.6 Å². The molecule has 0 aliphatic heterocycles. The van der Waals surface area contributed by atoms with Gasteiger partial charge in [-0.05, 0) is 29.8 Å². The third kappa shape index (κ3) is 3.09. The third-order valence-electron chi connectivity index (χ3n) is 2.26. The van der Waals surface area contributed by atoms with Crippen LogP contribution in [0.3, 0.4) is 0 Å². The van der Waals surface area contributed by atoms with Gasteiger partial charge in [0.25, 0.3) is 0 Å². The minimum atomic E-state index is -3.29. The maximum atomic E-state index is 12.0. The van der Waals surface area contributed by atoms with Crippen molar-refractivity contribution in [3.05, 3.63) is 64.6 Å². The molecule has 0 aliphatic carbocycles. The van der Waals surface area contributed by atoms with Crippen molar-refractivity contribution in [2.75, 3.05) is 0 Å². The van der Waals surface area contributed by atoms with E-state index in [0.29, 0.717) is 0 Å². The summed E-state index contributed by atoms with van der Waals surface area (Å²) in [6, 6.07) is 17.1. The molecule has 0 aromatic heterocycles. The lowest BCUT2D eigenvalue weighted by Gasteiger charge is -2.03. The van der Waals surface area contributed by atoms with Gasteiger partial charge in [0.05, 0.1) is 10.6 Å². The van der Waals surface area contributed by atoms with E-state index < -0.39 is 9.84 Å². The Kier molecular flexibility index (Phi) is 3.51. The number of hydrogen-bond donors (Lipinski definition) is 0. The maximum Gasteiger partial charge on any atom is 0.183 e. The molecular weight excluding hydrogens is 300 g/mol. The second-order valence-electron chi connectivity index (χ2n) is 3.55. The van der Waals surface area contributed by atoms with Gasteiger partial charge in [-0.25, -0.2) is 8.42 Å². The van der Waals surface area contributed by atoms with Crippen LogP contribution in [0.15, 0.2) is 51.8 Å². The summed E-state index contributed by atoms with van der Waals surface area (Å²) < 4.78 is 25.0. The Labute approximate surface area is 109 Å². The Hall–Kier alpha value is -1.31. The average molecular weight is 309 g/mol. The Morgan fingerprint density at radius 3 is 2.35 bits per heavy atom. The molecule has 17 heavy (non-hydrogen) atoms. The van der Waals surface area contributed by atoms with Crippen molar-refractivity contribution in [3.63, 3.8) is 0 Å². The fraction of sp³-hybridized carbons (Fsp3) is 0.0769. The smallest absolute Gasteiger partial charge is 0.183 e. The van der Waals surface area contributed by atoms with Crippen molar-refractivity contribution in [1.29, 1.82) is 0 Å². The summed E-state index contributed by atoms with van der Waals surface area (Å²) in [6.45, 7) is 0. The van der Waals surface area contributed by atoms with Crippen molar-refractivity contribution in [2.45, 2.75) is 10.6 Å². The number of halogens is 1. The highest BCUT2D eigenvalue weighted by molar-refractivity contribution is 9.10. The first-order valence-corrected chi connectivity index (χ1v) is 7.37. The minimum Gasteiger partial charge on any atom is -0.223 e. The Balaban J connectivity index is 2.27. The molecule has 2 rings (SSSR count). The van der Waals surface area contributed by atoms with Gasteiger partial charge in [0, 0.05) is 10.5 Å². The number of sulfone groups is 1. The van der Waals surface area contributed by atoms with Gasteiger partial charge < -0.3 is 0 Å². The Morgan fingerprint density at radius 2 is 1.76 bits per heavy atom. The largest absolute Gasteiger partial charge is 0.223 e. The van der Waals surface area contributed by atoms with Crippen LogP contribution in [0.5, 0.6) is 0 Å². The summed E-state index contributed by atoms with van der Waals surface area (Å²) >= 11 is 3.31. The topological polar surface area (TPSA) is 34.1 Å². The van der Waals surface area contributed by atoms with E-state index in [2.05, 4.69) is 28.1 Å². The van der Waals surface area contributed by atoms with E-state index in [9.17, 15) is 8.42 Å². The SMILES string of the molecule is O=S(=O)(Cc1ccc(Br)cc1)c1cc#ccc1. The zero-order valence-corrected chi connectivity index (χ0v) is 11.3. The molecule has 0 saturated carbocycles. The molecule has 0 bridgehead atoms. The van der Waals surface area contributed by atoms with E-state index in [0.717, 1.165) is 10.0 Å². The zero-order chi connectivity index (χ0) is 12.3. The molecule has 2 nitrogen and oxygen atoms in total. The van der Waals surface area contributed by atoms with E-state index in [-0.39, 0.29) is 10.6 Å². The standard InChI is InChI=1S/C13H9BrO2S/c14-12-8-6-11(7-9-12)10-17(15,16)13-4-2-1-3-5-13/h2,4-9H,10H2. The first-order chi connectivity index (χ1) is 8.08. The van der Waals surface area contributed by atoms with Crippen molar-refractivity contribution in [3.8, 4) is 0 Å². The van der Waals surface area contributed by atoms with Crippen LogP contribution in [-0.4, -0.2) is 8.42 Å². The van der Waals surface area contributed by atoms with Crippen LogP contribution in [0.25, 0.3) is 0 Å². The van der Waals surface area contributed by atoms with E-state index in [1.807, 2.05) is 12.1 Å². The summed E-state index contributed by atoms with van der Waals surface area (Å²) in [6.07, 6.45) is 0. The molecule has 0 fully saturated rings. The van der Waals surface area contributed by atoms with Gasteiger partial charge >= 0.3 is 0 Å². The van der Waals surface area contributed by atoms with Crippen molar-refractivity contribution in [2.24, 2.45) is 0 Å².